The predicted molar refractivity (Wildman–Crippen MR) is 142 cm³/mol. The highest BCUT2D eigenvalue weighted by Gasteiger charge is 2.37. The maximum absolute atomic E-state index is 13.3. The second-order valence-electron chi connectivity index (χ2n) is 10.8. The van der Waals surface area contributed by atoms with Gasteiger partial charge in [0.1, 0.15) is 25.2 Å². The lowest BCUT2D eigenvalue weighted by atomic mass is 9.86. The van der Waals surface area contributed by atoms with Crippen molar-refractivity contribution < 1.29 is 28.8 Å². The Hall–Kier alpha value is -2.78. The number of fused-ring (bicyclic) bond motifs is 3. The van der Waals surface area contributed by atoms with E-state index in [0.717, 1.165) is 41.4 Å². The van der Waals surface area contributed by atoms with Gasteiger partial charge in [-0.1, -0.05) is 30.2 Å². The Kier molecular flexibility index (Phi) is 7.22. The summed E-state index contributed by atoms with van der Waals surface area (Å²) in [6, 6.07) is 13.3. The maximum Gasteiger partial charge on any atom is 0.410 e. The van der Waals surface area contributed by atoms with E-state index in [4.69, 9.17) is 30.5 Å². The molecule has 3 aromatic rings. The molecule has 1 aromatic heterocycles. The monoisotopic (exact) mass is 540 g/mol. The molecule has 2 N–H and O–H groups in total. The average Bonchev–Trinajstić information content (AvgIpc) is 3.29. The molecule has 0 radical (unpaired) electrons. The van der Waals surface area contributed by atoms with Gasteiger partial charge in [0.05, 0.1) is 31.8 Å². The molecular weight excluding hydrogens is 508 g/mol. The van der Waals surface area contributed by atoms with Crippen LogP contribution in [0, 0.1) is 11.3 Å². The topological polar surface area (TPSA) is 93.3 Å². The van der Waals surface area contributed by atoms with E-state index in [1.807, 2.05) is 47.4 Å². The molecule has 2 fully saturated rings. The lowest BCUT2D eigenvalue weighted by Gasteiger charge is -2.36. The Morgan fingerprint density at radius 2 is 1.95 bits per heavy atom. The number of carbonyl (C=O) groups excluding carboxylic acids is 1. The summed E-state index contributed by atoms with van der Waals surface area (Å²) in [4.78, 5) is 18.7. The van der Waals surface area contributed by atoms with Crippen molar-refractivity contribution in [2.75, 3.05) is 46.4 Å². The SMILES string of the molecule is O=C(OCC1CCC1)N1CCc2c([nH]c3ccc(Cl)cc23)[C@@H]1c1ccc(OCC2(CO)COCOC2)cc1. The van der Waals surface area contributed by atoms with Crippen LogP contribution in [0.4, 0.5) is 4.79 Å². The Morgan fingerprint density at radius 3 is 2.66 bits per heavy atom. The van der Waals surface area contributed by atoms with Crippen LogP contribution in [0.5, 0.6) is 5.75 Å². The van der Waals surface area contributed by atoms with Crippen molar-refractivity contribution in [2.45, 2.75) is 31.7 Å². The van der Waals surface area contributed by atoms with Gasteiger partial charge >= 0.3 is 6.09 Å². The van der Waals surface area contributed by atoms with Crippen LogP contribution < -0.4 is 4.74 Å². The summed E-state index contributed by atoms with van der Waals surface area (Å²) < 4.78 is 22.6. The molecule has 0 unspecified atom stereocenters. The van der Waals surface area contributed by atoms with Gasteiger partial charge in [0.25, 0.3) is 0 Å². The van der Waals surface area contributed by atoms with Crippen LogP contribution in [0.3, 0.4) is 0 Å². The molecule has 202 valence electrons. The summed E-state index contributed by atoms with van der Waals surface area (Å²) >= 11 is 6.32. The third-order valence-electron chi connectivity index (χ3n) is 8.05. The number of nitrogens with zero attached hydrogens (tertiary/aromatic N) is 1. The minimum absolute atomic E-state index is 0.0851. The van der Waals surface area contributed by atoms with Gasteiger partial charge in [0.15, 0.2) is 0 Å². The van der Waals surface area contributed by atoms with Crippen LogP contribution in [0.2, 0.25) is 5.02 Å². The number of ether oxygens (including phenoxy) is 4. The molecule has 6 rings (SSSR count). The van der Waals surface area contributed by atoms with E-state index in [1.54, 1.807) is 0 Å². The molecule has 1 aliphatic carbocycles. The first kappa shape index (κ1) is 25.5. The number of nitrogens with one attached hydrogen (secondary N) is 1. The number of hydrogen-bond donors (Lipinski definition) is 2. The van der Waals surface area contributed by atoms with E-state index in [-0.39, 0.29) is 32.1 Å². The van der Waals surface area contributed by atoms with Gasteiger partial charge < -0.3 is 29.0 Å². The van der Waals surface area contributed by atoms with Gasteiger partial charge in [-0.05, 0) is 66.6 Å². The first-order chi connectivity index (χ1) is 18.5. The minimum atomic E-state index is -0.582. The van der Waals surface area contributed by atoms with Gasteiger partial charge in [-0.2, -0.15) is 0 Å². The molecule has 1 saturated carbocycles. The van der Waals surface area contributed by atoms with Gasteiger partial charge in [-0.25, -0.2) is 4.79 Å². The Balaban J connectivity index is 1.27. The normalized spacial score (nSPS) is 21.1. The summed E-state index contributed by atoms with van der Waals surface area (Å²) in [6.07, 6.45) is 3.90. The van der Waals surface area contributed by atoms with Crippen LogP contribution in [0.15, 0.2) is 42.5 Å². The predicted octanol–water partition coefficient (Wildman–Crippen LogP) is 5.07. The third kappa shape index (κ3) is 4.98. The first-order valence-corrected chi connectivity index (χ1v) is 13.7. The van der Waals surface area contributed by atoms with Gasteiger partial charge in [-0.3, -0.25) is 4.90 Å². The highest BCUT2D eigenvalue weighted by atomic mass is 35.5. The van der Waals surface area contributed by atoms with E-state index < -0.39 is 5.41 Å². The molecule has 3 aliphatic rings. The molecular formula is C29H33ClN2O6. The standard InChI is InChI=1S/C29H33ClN2O6/c30-21-6-9-25-24(12-21)23-10-11-32(28(34)37-13-19-2-1-3-19)27(26(23)31-25)20-4-7-22(8-5-20)38-17-29(14-33)15-35-18-36-16-29/h4-9,12,19,27,31,33H,1-3,10-11,13-18H2/t27-/m0/s1. The molecule has 1 saturated heterocycles. The number of benzene rings is 2. The van der Waals surface area contributed by atoms with Crippen LogP contribution in [0.25, 0.3) is 10.9 Å². The maximum atomic E-state index is 13.3. The second-order valence-corrected chi connectivity index (χ2v) is 11.2. The molecule has 0 bridgehead atoms. The number of halogens is 1. The van der Waals surface area contributed by atoms with Crippen LogP contribution >= 0.6 is 11.6 Å². The molecule has 9 heteroatoms. The number of aliphatic hydroxyl groups excluding tert-OH is 1. The second kappa shape index (κ2) is 10.8. The molecule has 2 aromatic carbocycles. The zero-order valence-electron chi connectivity index (χ0n) is 21.3. The number of aliphatic hydroxyl groups is 1. The van der Waals surface area contributed by atoms with Gasteiger partial charge in [0.2, 0.25) is 0 Å². The van der Waals surface area contributed by atoms with Crippen molar-refractivity contribution >= 4 is 28.6 Å². The number of aromatic amines is 1. The van der Waals surface area contributed by atoms with E-state index >= 15 is 0 Å². The summed E-state index contributed by atoms with van der Waals surface area (Å²) in [7, 11) is 0. The molecule has 0 spiro atoms. The number of rotatable bonds is 7. The Bertz CT molecular complexity index is 1280. The Morgan fingerprint density at radius 1 is 1.16 bits per heavy atom. The largest absolute Gasteiger partial charge is 0.493 e. The van der Waals surface area contributed by atoms with Crippen molar-refractivity contribution in [1.82, 2.24) is 9.88 Å². The van der Waals surface area contributed by atoms with Crippen LogP contribution in [0.1, 0.15) is 42.1 Å². The molecule has 38 heavy (non-hydrogen) atoms. The van der Waals surface area contributed by atoms with Crippen molar-refractivity contribution in [2.24, 2.45) is 11.3 Å². The van der Waals surface area contributed by atoms with Crippen molar-refractivity contribution in [3.05, 3.63) is 64.3 Å². The summed E-state index contributed by atoms with van der Waals surface area (Å²) in [5.74, 6) is 1.15. The minimum Gasteiger partial charge on any atom is -0.493 e. The van der Waals surface area contributed by atoms with Crippen molar-refractivity contribution in [1.29, 1.82) is 0 Å². The molecule has 1 atom stereocenters. The van der Waals surface area contributed by atoms with E-state index in [1.165, 1.54) is 12.0 Å². The number of H-pyrrole nitrogens is 1. The van der Waals surface area contributed by atoms with Crippen molar-refractivity contribution in [3.63, 3.8) is 0 Å². The fraction of sp³-hybridized carbons (Fsp3) is 0.483. The number of amides is 1. The highest BCUT2D eigenvalue weighted by Crippen LogP contribution is 2.40. The lowest BCUT2D eigenvalue weighted by Crippen LogP contribution is -2.45. The molecule has 2 aliphatic heterocycles. The van der Waals surface area contributed by atoms with E-state index in [2.05, 4.69) is 4.98 Å². The smallest absolute Gasteiger partial charge is 0.410 e. The van der Waals surface area contributed by atoms with Gasteiger partial charge in [0, 0.05) is 28.2 Å². The molecule has 1 amide bonds. The first-order valence-electron chi connectivity index (χ1n) is 13.3. The zero-order chi connectivity index (χ0) is 26.1. The fourth-order valence-corrected chi connectivity index (χ4v) is 5.73. The van der Waals surface area contributed by atoms with E-state index in [9.17, 15) is 9.90 Å². The van der Waals surface area contributed by atoms with Crippen molar-refractivity contribution in [3.8, 4) is 5.75 Å². The summed E-state index contributed by atoms with van der Waals surface area (Å²) in [6.45, 7) is 2.22. The van der Waals surface area contributed by atoms with E-state index in [0.29, 0.717) is 43.1 Å². The number of aromatic nitrogens is 1. The lowest BCUT2D eigenvalue weighted by molar-refractivity contribution is -0.184. The third-order valence-corrected chi connectivity index (χ3v) is 8.29. The molecule has 3 heterocycles. The summed E-state index contributed by atoms with van der Waals surface area (Å²) in [5.41, 5.74) is 3.54. The highest BCUT2D eigenvalue weighted by molar-refractivity contribution is 6.31. The molecule has 8 nitrogen and oxygen atoms in total. The quantitative estimate of drug-likeness (QED) is 0.435. The number of hydrogen-bond acceptors (Lipinski definition) is 6. The zero-order valence-corrected chi connectivity index (χ0v) is 22.0. The van der Waals surface area contributed by atoms with Crippen LogP contribution in [-0.4, -0.2) is 67.5 Å². The van der Waals surface area contributed by atoms with Gasteiger partial charge in [-0.15, -0.1) is 0 Å². The van der Waals surface area contributed by atoms with Crippen LogP contribution in [-0.2, 0) is 20.6 Å². The summed E-state index contributed by atoms with van der Waals surface area (Å²) in [5, 5.41) is 11.7. The Labute approximate surface area is 226 Å². The fourth-order valence-electron chi connectivity index (χ4n) is 5.56. The average molecular weight is 541 g/mol. The number of carbonyl (C=O) groups is 1.